The molecule has 4 aromatic rings. The second kappa shape index (κ2) is 13.0. The van der Waals surface area contributed by atoms with Gasteiger partial charge in [0, 0.05) is 36.3 Å². The number of anilines is 1. The highest BCUT2D eigenvalue weighted by molar-refractivity contribution is 7.89. The lowest BCUT2D eigenvalue weighted by atomic mass is 10.1. The van der Waals surface area contributed by atoms with Gasteiger partial charge in [0.1, 0.15) is 11.6 Å². The first-order chi connectivity index (χ1) is 20.6. The molecule has 0 aliphatic heterocycles. The van der Waals surface area contributed by atoms with E-state index in [1.807, 2.05) is 6.92 Å². The number of nitrogens with one attached hydrogen (secondary N) is 4. The summed E-state index contributed by atoms with van der Waals surface area (Å²) in [6.45, 7) is 10.2. The van der Waals surface area contributed by atoms with E-state index in [-0.39, 0.29) is 29.3 Å². The van der Waals surface area contributed by atoms with Gasteiger partial charge in [-0.2, -0.15) is 9.82 Å². The monoisotopic (exact) mass is 623 g/mol. The van der Waals surface area contributed by atoms with Gasteiger partial charge in [-0.05, 0) is 70.9 Å². The van der Waals surface area contributed by atoms with Crippen molar-refractivity contribution in [2.45, 2.75) is 71.0 Å². The van der Waals surface area contributed by atoms with E-state index in [0.717, 1.165) is 11.1 Å². The summed E-state index contributed by atoms with van der Waals surface area (Å²) >= 11 is 0. The fourth-order valence-electron chi connectivity index (χ4n) is 4.82. The van der Waals surface area contributed by atoms with Crippen LogP contribution in [0.15, 0.2) is 53.8 Å². The number of H-pyrrole nitrogens is 1. The highest BCUT2D eigenvalue weighted by atomic mass is 32.2. The highest BCUT2D eigenvalue weighted by Crippen LogP contribution is 2.22. The number of carbonyl (C=O) groups excluding carboxylic acids is 3. The van der Waals surface area contributed by atoms with Crippen LogP contribution in [0.3, 0.4) is 0 Å². The van der Waals surface area contributed by atoms with Crippen LogP contribution in [0.5, 0.6) is 0 Å². The van der Waals surface area contributed by atoms with E-state index in [1.165, 1.54) is 6.20 Å². The lowest BCUT2D eigenvalue weighted by Crippen LogP contribution is -2.50. The molecule has 4 rings (SSSR count). The number of hydrogen-bond donors (Lipinski definition) is 4. The Bertz CT molecular complexity index is 1770. The van der Waals surface area contributed by atoms with Crippen molar-refractivity contribution in [2.24, 2.45) is 0 Å². The van der Waals surface area contributed by atoms with Gasteiger partial charge in [0.05, 0.1) is 23.2 Å². The Labute approximate surface area is 255 Å². The van der Waals surface area contributed by atoms with Crippen LogP contribution in [0.4, 0.5) is 5.95 Å². The van der Waals surface area contributed by atoms with Gasteiger partial charge in [-0.1, -0.05) is 17.7 Å². The zero-order chi connectivity index (χ0) is 32.2. The Morgan fingerprint density at radius 2 is 1.77 bits per heavy atom. The summed E-state index contributed by atoms with van der Waals surface area (Å²) in [4.78, 5) is 45.2. The number of hydrogen-bond acceptors (Lipinski definition) is 8. The first-order valence-corrected chi connectivity index (χ1v) is 15.5. The van der Waals surface area contributed by atoms with Crippen LogP contribution >= 0.6 is 0 Å². The summed E-state index contributed by atoms with van der Waals surface area (Å²) in [5.41, 5.74) is 2.10. The topological polar surface area (TPSA) is 177 Å². The van der Waals surface area contributed by atoms with Gasteiger partial charge in [-0.15, -0.1) is 0 Å². The third kappa shape index (κ3) is 8.08. The summed E-state index contributed by atoms with van der Waals surface area (Å²) in [7, 11) is -4.15. The summed E-state index contributed by atoms with van der Waals surface area (Å²) in [5, 5.41) is 10.3. The van der Waals surface area contributed by atoms with E-state index in [0.29, 0.717) is 29.0 Å². The van der Waals surface area contributed by atoms with Gasteiger partial charge in [-0.25, -0.2) is 13.4 Å². The summed E-state index contributed by atoms with van der Waals surface area (Å²) in [6.07, 6.45) is 4.88. The number of benzene rings is 2. The number of aryl methyl sites for hydroxylation is 4. The molecule has 2 heterocycles. The fraction of sp³-hybridized carbons (Fsp3) is 0.367. The van der Waals surface area contributed by atoms with Gasteiger partial charge < -0.3 is 15.0 Å². The van der Waals surface area contributed by atoms with Crippen LogP contribution in [0.1, 0.15) is 54.2 Å². The number of imidazole rings is 1. The molecule has 0 aliphatic carbocycles. The van der Waals surface area contributed by atoms with Crippen LogP contribution in [-0.2, 0) is 30.9 Å². The molecule has 2 aromatic heterocycles. The van der Waals surface area contributed by atoms with E-state index in [9.17, 15) is 22.8 Å². The number of ether oxygens (including phenoxy) is 1. The van der Waals surface area contributed by atoms with Crippen molar-refractivity contribution in [3.05, 3.63) is 71.2 Å². The van der Waals surface area contributed by atoms with E-state index < -0.39 is 33.5 Å². The highest BCUT2D eigenvalue weighted by Gasteiger charge is 2.32. The fourth-order valence-corrected chi connectivity index (χ4v) is 6.46. The molecule has 234 valence electrons. The van der Waals surface area contributed by atoms with Crippen LogP contribution in [0.2, 0.25) is 0 Å². The quantitative estimate of drug-likeness (QED) is 0.184. The number of fused-ring (bicyclic) bond motifs is 1. The molecule has 14 heteroatoms. The van der Waals surface area contributed by atoms with Gasteiger partial charge in [0.25, 0.3) is 5.91 Å². The smallest absolute Gasteiger partial charge is 0.326 e. The average Bonchev–Trinajstić information content (AvgIpc) is 3.57. The van der Waals surface area contributed by atoms with Gasteiger partial charge in [-0.3, -0.25) is 24.4 Å². The molecule has 0 aliphatic rings. The molecular weight excluding hydrogens is 586 g/mol. The van der Waals surface area contributed by atoms with Gasteiger partial charge in [0.15, 0.2) is 0 Å². The van der Waals surface area contributed by atoms with Crippen molar-refractivity contribution in [1.29, 1.82) is 0 Å². The van der Waals surface area contributed by atoms with Crippen molar-refractivity contribution in [2.75, 3.05) is 11.9 Å². The van der Waals surface area contributed by atoms with Gasteiger partial charge >= 0.3 is 5.97 Å². The van der Waals surface area contributed by atoms with E-state index in [2.05, 4.69) is 30.4 Å². The number of nitrogens with zero attached hydrogens (tertiary/aromatic N) is 3. The van der Waals surface area contributed by atoms with Crippen molar-refractivity contribution in [1.82, 2.24) is 29.8 Å². The maximum atomic E-state index is 13.4. The number of carbonyl (C=O) groups is 3. The second-order valence-electron chi connectivity index (χ2n) is 11.5. The number of aromatic nitrogens is 4. The molecule has 44 heavy (non-hydrogen) atoms. The van der Waals surface area contributed by atoms with E-state index in [1.54, 1.807) is 82.0 Å². The molecule has 2 amide bonds. The summed E-state index contributed by atoms with van der Waals surface area (Å²) in [5.74, 6) is -1.22. The molecule has 0 spiro atoms. The Morgan fingerprint density at radius 1 is 1.07 bits per heavy atom. The number of aromatic amines is 1. The molecular formula is C30H37N7O6S. The molecule has 0 bridgehead atoms. The minimum absolute atomic E-state index is 0.0731. The maximum absolute atomic E-state index is 13.4. The lowest BCUT2D eigenvalue weighted by Gasteiger charge is -2.25. The zero-order valence-corrected chi connectivity index (χ0v) is 26.3. The Kier molecular flexibility index (Phi) is 9.54. The predicted molar refractivity (Wildman–Crippen MR) is 165 cm³/mol. The molecule has 0 saturated heterocycles. The van der Waals surface area contributed by atoms with Crippen LogP contribution < -0.4 is 15.4 Å². The Balaban J connectivity index is 1.46. The standard InChI is InChI=1S/C30H37N7O6S/c1-18-13-19(2)26(20(3)14-18)44(41,42)36-23(28(40)43-30(4,5)6)17-33-27(39)21-7-8-24-22(15-21)16-34-37(24)12-9-25(38)35-29-31-10-11-32-29/h7-8,10-11,13-16,23,36H,9,12,17H2,1-6H3,(H,33,39)(H2,31,32,35,38)/t23-/m0/s1. The van der Waals surface area contributed by atoms with Crippen molar-refractivity contribution in [3.8, 4) is 0 Å². The summed E-state index contributed by atoms with van der Waals surface area (Å²) in [6, 6.07) is 7.04. The molecule has 4 N–H and O–H groups in total. The molecule has 13 nitrogen and oxygen atoms in total. The van der Waals surface area contributed by atoms with E-state index >= 15 is 0 Å². The molecule has 0 saturated carbocycles. The minimum atomic E-state index is -4.15. The number of sulfonamides is 1. The Hall–Kier alpha value is -4.56. The number of amides is 2. The number of esters is 1. The molecule has 0 fully saturated rings. The first kappa shape index (κ1) is 32.4. The Morgan fingerprint density at radius 3 is 2.41 bits per heavy atom. The van der Waals surface area contributed by atoms with Crippen LogP contribution in [0, 0.1) is 20.8 Å². The minimum Gasteiger partial charge on any atom is -0.459 e. The first-order valence-electron chi connectivity index (χ1n) is 14.0. The third-order valence-electron chi connectivity index (χ3n) is 6.54. The molecule has 2 aromatic carbocycles. The predicted octanol–water partition coefficient (Wildman–Crippen LogP) is 3.13. The van der Waals surface area contributed by atoms with Crippen LogP contribution in [0.25, 0.3) is 10.9 Å². The maximum Gasteiger partial charge on any atom is 0.326 e. The van der Waals surface area contributed by atoms with E-state index in [4.69, 9.17) is 4.74 Å². The van der Waals surface area contributed by atoms with Crippen LogP contribution in [-0.4, -0.2) is 64.1 Å². The lowest BCUT2D eigenvalue weighted by molar-refractivity contribution is -0.156. The van der Waals surface area contributed by atoms with Crippen molar-refractivity contribution < 1.29 is 27.5 Å². The second-order valence-corrected chi connectivity index (χ2v) is 13.2. The normalized spacial score (nSPS) is 12.6. The number of rotatable bonds is 11. The van der Waals surface area contributed by atoms with Gasteiger partial charge in [0.2, 0.25) is 21.9 Å². The molecule has 0 radical (unpaired) electrons. The average molecular weight is 624 g/mol. The molecule has 0 unspecified atom stereocenters. The molecule has 1 atom stereocenters. The van der Waals surface area contributed by atoms with Crippen molar-refractivity contribution >= 4 is 44.7 Å². The summed E-state index contributed by atoms with van der Waals surface area (Å²) < 4.78 is 36.4. The largest absolute Gasteiger partial charge is 0.459 e. The SMILES string of the molecule is Cc1cc(C)c(S(=O)(=O)N[C@@H](CNC(=O)c2ccc3c(cnn3CCC(=O)Nc3ncc[nH]3)c2)C(=O)OC(C)(C)C)c(C)c1. The van der Waals surface area contributed by atoms with Crippen molar-refractivity contribution in [3.63, 3.8) is 0 Å². The zero-order valence-electron chi connectivity index (χ0n) is 25.5. The third-order valence-corrected chi connectivity index (χ3v) is 8.32.